The summed E-state index contributed by atoms with van der Waals surface area (Å²) in [7, 11) is 0. The molecule has 0 bridgehead atoms. The topological polar surface area (TPSA) is 91.2 Å². The lowest BCUT2D eigenvalue weighted by molar-refractivity contribution is 0.00197. The number of rotatable bonds is 9. The van der Waals surface area contributed by atoms with Gasteiger partial charge in [0.1, 0.15) is 11.1 Å². The van der Waals surface area contributed by atoms with Gasteiger partial charge in [-0.05, 0) is 90.6 Å². The maximum atomic E-state index is 15.6. The third-order valence-electron chi connectivity index (χ3n) is 11.9. The van der Waals surface area contributed by atoms with Crippen LogP contribution in [0.1, 0.15) is 102 Å². The summed E-state index contributed by atoms with van der Waals surface area (Å²) in [6.07, 6.45) is 6.78. The number of alkyl halides is 2. The van der Waals surface area contributed by atoms with Crippen molar-refractivity contribution in [3.63, 3.8) is 0 Å². The Morgan fingerprint density at radius 2 is 1.72 bits per heavy atom. The van der Waals surface area contributed by atoms with Crippen LogP contribution in [-0.2, 0) is 5.41 Å². The van der Waals surface area contributed by atoms with Crippen molar-refractivity contribution in [2.75, 3.05) is 29.9 Å². The molecular formula is C39H45ClF4N8O. The van der Waals surface area contributed by atoms with Gasteiger partial charge in [-0.1, -0.05) is 31.9 Å². The highest BCUT2D eigenvalue weighted by atomic mass is 35.5. The van der Waals surface area contributed by atoms with Crippen LogP contribution in [0.4, 0.5) is 34.8 Å². The Morgan fingerprint density at radius 1 is 1.00 bits per heavy atom. The van der Waals surface area contributed by atoms with Crippen LogP contribution in [0.25, 0.3) is 22.3 Å². The summed E-state index contributed by atoms with van der Waals surface area (Å²) in [4.78, 5) is 32.8. The molecule has 0 atom stereocenters. The van der Waals surface area contributed by atoms with Gasteiger partial charge in [0.2, 0.25) is 0 Å². The fraction of sp³-hybridized carbons (Fsp3) is 0.538. The molecule has 9 nitrogen and oxygen atoms in total. The lowest BCUT2D eigenvalue weighted by Gasteiger charge is -2.56. The molecule has 4 aliphatic rings. The van der Waals surface area contributed by atoms with Crippen molar-refractivity contribution in [1.29, 1.82) is 0 Å². The number of halogens is 5. The van der Waals surface area contributed by atoms with E-state index in [0.29, 0.717) is 22.8 Å². The van der Waals surface area contributed by atoms with Crippen LogP contribution < -0.4 is 15.5 Å². The van der Waals surface area contributed by atoms with Gasteiger partial charge in [0, 0.05) is 41.3 Å². The van der Waals surface area contributed by atoms with E-state index in [2.05, 4.69) is 52.3 Å². The number of carbonyl (C=O) groups is 1. The van der Waals surface area contributed by atoms with Gasteiger partial charge in [-0.15, -0.1) is 0 Å². The zero-order chi connectivity index (χ0) is 37.6. The number of aromatic nitrogens is 4. The van der Waals surface area contributed by atoms with E-state index in [1.165, 1.54) is 19.3 Å². The maximum absolute atomic E-state index is 15.6. The number of fused-ring (bicyclic) bond motifs is 2. The summed E-state index contributed by atoms with van der Waals surface area (Å²) in [6.45, 7) is 13.9. The average molecular weight is 753 g/mol. The number of anilines is 3. The second kappa shape index (κ2) is 12.8. The van der Waals surface area contributed by atoms with Crippen LogP contribution in [0.15, 0.2) is 30.7 Å². The number of nitrogens with zero attached hydrogens (tertiary/aromatic N) is 6. The van der Waals surface area contributed by atoms with Gasteiger partial charge in [-0.3, -0.25) is 14.7 Å². The van der Waals surface area contributed by atoms with Crippen molar-refractivity contribution >= 4 is 45.7 Å². The Kier molecular flexibility index (Phi) is 8.71. The van der Waals surface area contributed by atoms with Crippen molar-refractivity contribution in [1.82, 2.24) is 29.7 Å². The predicted octanol–water partition coefficient (Wildman–Crippen LogP) is 8.78. The number of hydrogen-bond acceptors (Lipinski definition) is 7. The molecule has 0 spiro atoms. The van der Waals surface area contributed by atoms with E-state index >= 15 is 8.78 Å². The van der Waals surface area contributed by atoms with Gasteiger partial charge in [-0.25, -0.2) is 27.5 Å². The molecule has 1 amide bonds. The van der Waals surface area contributed by atoms with Crippen LogP contribution >= 0.6 is 11.6 Å². The number of piperidine rings is 1. The van der Waals surface area contributed by atoms with Crippen molar-refractivity contribution in [2.24, 2.45) is 0 Å². The minimum Gasteiger partial charge on any atom is -0.366 e. The number of likely N-dealkylation sites (tertiary alicyclic amines) is 1. The fourth-order valence-corrected chi connectivity index (χ4v) is 8.84. The summed E-state index contributed by atoms with van der Waals surface area (Å²) in [5, 5.41) is 4.39. The molecule has 3 fully saturated rings. The molecule has 3 aromatic heterocycles. The van der Waals surface area contributed by atoms with E-state index in [0.717, 1.165) is 55.5 Å². The average Bonchev–Trinajstić information content (AvgIpc) is 3.68. The number of carbonyl (C=O) groups excluding carboxylic acids is 1. The zero-order valence-corrected chi connectivity index (χ0v) is 31.4. The summed E-state index contributed by atoms with van der Waals surface area (Å²) in [5.41, 5.74) is 1.88. The van der Waals surface area contributed by atoms with Crippen LogP contribution in [0.5, 0.6) is 0 Å². The Balaban J connectivity index is 1.15. The molecule has 0 radical (unpaired) electrons. The van der Waals surface area contributed by atoms with Crippen LogP contribution in [-0.4, -0.2) is 73.5 Å². The number of hydrogen-bond donors (Lipinski definition) is 2. The van der Waals surface area contributed by atoms with Crippen LogP contribution in [0.2, 0.25) is 5.02 Å². The number of amides is 1. The van der Waals surface area contributed by atoms with Gasteiger partial charge in [0.05, 0.1) is 45.2 Å². The summed E-state index contributed by atoms with van der Waals surface area (Å²) >= 11 is 6.08. The molecule has 282 valence electrons. The molecule has 0 unspecified atom stereocenters. The monoisotopic (exact) mass is 752 g/mol. The molecule has 8 rings (SSSR count). The van der Waals surface area contributed by atoms with E-state index in [1.54, 1.807) is 12.5 Å². The third-order valence-corrected chi connectivity index (χ3v) is 12.3. The molecule has 1 aromatic carbocycles. The summed E-state index contributed by atoms with van der Waals surface area (Å²) < 4.78 is 60.0. The maximum Gasteiger partial charge on any atom is 0.261 e. The highest BCUT2D eigenvalue weighted by Crippen LogP contribution is 2.49. The lowest BCUT2D eigenvalue weighted by Crippen LogP contribution is -2.63. The minimum atomic E-state index is -2.81. The number of imidazole rings is 1. The molecule has 2 aliphatic heterocycles. The standard InChI is InChI=1S/C39H45ClF4N8O/c1-21(2)52-20-46-27-15-25(22-13-28-33(45-18-22)37(3,4)19-51(28)23-16-38(5,17-23)50-11-7-6-8-12-50)47-34(32(27)52)48-26-14-24(29(40)31(42)30(26)41)35(53)49-39(9-10-39)36(43)44/h13-15,18,20-21,23,36H,6-12,16-17,19H2,1-5H3,(H,47,48)(H,49,53)/t23-,38+. The first-order chi connectivity index (χ1) is 25.1. The molecule has 2 aliphatic carbocycles. The van der Waals surface area contributed by atoms with Gasteiger partial charge in [0.15, 0.2) is 17.5 Å². The van der Waals surface area contributed by atoms with E-state index in [4.69, 9.17) is 21.6 Å². The first-order valence-corrected chi connectivity index (χ1v) is 18.9. The second-order valence-corrected chi connectivity index (χ2v) is 17.0. The van der Waals surface area contributed by atoms with E-state index < -0.39 is 45.8 Å². The Morgan fingerprint density at radius 3 is 2.38 bits per heavy atom. The normalized spacial score (nSPS) is 23.4. The largest absolute Gasteiger partial charge is 0.366 e. The first-order valence-electron chi connectivity index (χ1n) is 18.6. The van der Waals surface area contributed by atoms with Crippen molar-refractivity contribution < 1.29 is 22.4 Å². The van der Waals surface area contributed by atoms with Crippen LogP contribution in [0.3, 0.4) is 0 Å². The Hall–Kier alpha value is -3.97. The van der Waals surface area contributed by atoms with Crippen molar-refractivity contribution in [2.45, 2.75) is 115 Å². The third kappa shape index (κ3) is 6.11. The van der Waals surface area contributed by atoms with E-state index in [1.807, 2.05) is 24.5 Å². The Labute approximate surface area is 311 Å². The van der Waals surface area contributed by atoms with Crippen molar-refractivity contribution in [3.05, 3.63) is 58.6 Å². The van der Waals surface area contributed by atoms with Crippen LogP contribution in [0, 0.1) is 11.6 Å². The van der Waals surface area contributed by atoms with Gasteiger partial charge in [-0.2, -0.15) is 0 Å². The number of pyridine rings is 2. The lowest BCUT2D eigenvalue weighted by atomic mass is 9.71. The molecule has 14 heteroatoms. The molecule has 1 saturated heterocycles. The second-order valence-electron chi connectivity index (χ2n) is 16.6. The van der Waals surface area contributed by atoms with E-state index in [-0.39, 0.29) is 35.7 Å². The van der Waals surface area contributed by atoms with Crippen molar-refractivity contribution in [3.8, 4) is 11.3 Å². The molecule has 2 saturated carbocycles. The number of benzene rings is 1. The highest BCUT2D eigenvalue weighted by molar-refractivity contribution is 6.34. The fourth-order valence-electron chi connectivity index (χ4n) is 8.61. The quantitative estimate of drug-likeness (QED) is 0.131. The molecule has 4 aromatic rings. The van der Waals surface area contributed by atoms with Gasteiger partial charge < -0.3 is 20.1 Å². The molecular weight excluding hydrogens is 708 g/mol. The molecule has 53 heavy (non-hydrogen) atoms. The first kappa shape index (κ1) is 36.0. The van der Waals surface area contributed by atoms with Gasteiger partial charge >= 0.3 is 0 Å². The smallest absolute Gasteiger partial charge is 0.261 e. The Bertz CT molecular complexity index is 2100. The summed E-state index contributed by atoms with van der Waals surface area (Å²) in [6, 6.07) is 5.31. The highest BCUT2D eigenvalue weighted by Gasteiger charge is 2.53. The van der Waals surface area contributed by atoms with Gasteiger partial charge in [0.25, 0.3) is 12.3 Å². The SMILES string of the molecule is CC(C)n1cnc2cc(-c3cnc4c(c3)N([C@H]3C[C@@](C)(N5CCCCC5)C3)CC4(C)C)nc(Nc3cc(C(=O)NC4(C(F)F)CC4)c(Cl)c(F)c3F)c21. The predicted molar refractivity (Wildman–Crippen MR) is 198 cm³/mol. The molecule has 2 N–H and O–H groups in total. The minimum absolute atomic E-state index is 0.0685. The van der Waals surface area contributed by atoms with E-state index in [9.17, 15) is 13.6 Å². The molecule has 5 heterocycles. The number of nitrogens with one attached hydrogen (secondary N) is 2. The summed E-state index contributed by atoms with van der Waals surface area (Å²) in [5.74, 6) is -3.68. The zero-order valence-electron chi connectivity index (χ0n) is 30.7.